The molecule has 21 heavy (non-hydrogen) atoms. The van der Waals surface area contributed by atoms with Crippen LogP contribution in [0.15, 0.2) is 0 Å². The number of rotatable bonds is 6. The van der Waals surface area contributed by atoms with Crippen LogP contribution in [0, 0.1) is 5.92 Å². The zero-order chi connectivity index (χ0) is 15.3. The summed E-state index contributed by atoms with van der Waals surface area (Å²) in [6.45, 7) is 5.89. The van der Waals surface area contributed by atoms with E-state index in [-0.39, 0.29) is 0 Å². The lowest BCUT2D eigenvalue weighted by molar-refractivity contribution is -0.149. The maximum Gasteiger partial charge on any atom is 0.401 e. The molecule has 124 valence electrons. The molecule has 0 radical (unpaired) electrons. The van der Waals surface area contributed by atoms with Gasteiger partial charge in [-0.2, -0.15) is 13.2 Å². The van der Waals surface area contributed by atoms with Gasteiger partial charge in [0.1, 0.15) is 0 Å². The number of halogens is 3. The quantitative estimate of drug-likeness (QED) is 0.812. The molecule has 2 fully saturated rings. The molecule has 0 amide bonds. The molecular weight excluding hydrogens is 279 g/mol. The predicted octanol–water partition coefficient (Wildman–Crippen LogP) is 2.33. The van der Waals surface area contributed by atoms with Crippen molar-refractivity contribution in [3.8, 4) is 0 Å². The number of piperazine rings is 1. The van der Waals surface area contributed by atoms with Crippen LogP contribution in [0.1, 0.15) is 32.6 Å². The molecule has 1 aliphatic heterocycles. The number of alkyl halides is 3. The first-order valence-corrected chi connectivity index (χ1v) is 8.23. The van der Waals surface area contributed by atoms with E-state index in [1.165, 1.54) is 30.6 Å². The summed E-state index contributed by atoms with van der Waals surface area (Å²) in [6, 6.07) is 0.506. The molecule has 0 spiro atoms. The highest BCUT2D eigenvalue weighted by Gasteiger charge is 2.33. The summed E-state index contributed by atoms with van der Waals surface area (Å²) in [5, 5.41) is 3.59. The van der Waals surface area contributed by atoms with Gasteiger partial charge in [0, 0.05) is 38.8 Å². The van der Waals surface area contributed by atoms with Gasteiger partial charge in [-0.1, -0.05) is 19.8 Å². The minimum absolute atomic E-state index is 0.506. The third kappa shape index (κ3) is 5.75. The zero-order valence-corrected chi connectivity index (χ0v) is 13.0. The van der Waals surface area contributed by atoms with Crippen LogP contribution in [0.2, 0.25) is 0 Å². The fourth-order valence-corrected chi connectivity index (χ4v) is 3.66. The Hall–Kier alpha value is -0.330. The van der Waals surface area contributed by atoms with Gasteiger partial charge >= 0.3 is 6.18 Å². The SMILES string of the molecule is CCNC(CN1CCN(CC(F)(F)F)CC1)C1CCCC1. The lowest BCUT2D eigenvalue weighted by Crippen LogP contribution is -2.53. The summed E-state index contributed by atoms with van der Waals surface area (Å²) in [7, 11) is 0. The van der Waals surface area contributed by atoms with Gasteiger partial charge in [-0.05, 0) is 25.3 Å². The standard InChI is InChI=1S/C15H28F3N3/c1-2-19-14(13-5-3-4-6-13)11-20-7-9-21(10-8-20)12-15(16,17)18/h13-14,19H,2-12H2,1H3. The van der Waals surface area contributed by atoms with Crippen molar-refractivity contribution < 1.29 is 13.2 Å². The Kier molecular flexibility index (Phi) is 6.32. The number of hydrogen-bond acceptors (Lipinski definition) is 3. The molecule has 1 saturated heterocycles. The largest absolute Gasteiger partial charge is 0.401 e. The van der Waals surface area contributed by atoms with E-state index in [0.717, 1.165) is 32.1 Å². The van der Waals surface area contributed by atoms with Crippen molar-refractivity contribution in [3.63, 3.8) is 0 Å². The Labute approximate surface area is 125 Å². The Morgan fingerprint density at radius 2 is 1.62 bits per heavy atom. The minimum Gasteiger partial charge on any atom is -0.313 e. The van der Waals surface area contributed by atoms with Gasteiger partial charge in [0.25, 0.3) is 0 Å². The number of likely N-dealkylation sites (N-methyl/N-ethyl adjacent to an activating group) is 1. The van der Waals surface area contributed by atoms with E-state index in [4.69, 9.17) is 0 Å². The van der Waals surface area contributed by atoms with Gasteiger partial charge in [-0.25, -0.2) is 0 Å². The monoisotopic (exact) mass is 307 g/mol. The van der Waals surface area contributed by atoms with Crippen molar-refractivity contribution >= 4 is 0 Å². The van der Waals surface area contributed by atoms with Crippen LogP contribution in [0.3, 0.4) is 0 Å². The predicted molar refractivity (Wildman–Crippen MR) is 78.4 cm³/mol. The molecule has 2 aliphatic rings. The smallest absolute Gasteiger partial charge is 0.313 e. The van der Waals surface area contributed by atoms with Crippen LogP contribution >= 0.6 is 0 Å². The zero-order valence-electron chi connectivity index (χ0n) is 13.0. The molecule has 1 atom stereocenters. The van der Waals surface area contributed by atoms with Crippen molar-refractivity contribution in [1.82, 2.24) is 15.1 Å². The lowest BCUT2D eigenvalue weighted by Gasteiger charge is -2.38. The van der Waals surface area contributed by atoms with E-state index in [2.05, 4.69) is 17.1 Å². The van der Waals surface area contributed by atoms with Gasteiger partial charge in [0.05, 0.1) is 6.54 Å². The molecule has 1 heterocycles. The average molecular weight is 307 g/mol. The molecular formula is C15H28F3N3. The van der Waals surface area contributed by atoms with Crippen molar-refractivity contribution in [2.24, 2.45) is 5.92 Å². The lowest BCUT2D eigenvalue weighted by atomic mass is 9.97. The maximum absolute atomic E-state index is 12.4. The highest BCUT2D eigenvalue weighted by atomic mass is 19.4. The molecule has 1 aliphatic carbocycles. The number of hydrogen-bond donors (Lipinski definition) is 1. The second-order valence-corrected chi connectivity index (χ2v) is 6.40. The number of nitrogens with one attached hydrogen (secondary N) is 1. The third-order valence-electron chi connectivity index (χ3n) is 4.76. The van der Waals surface area contributed by atoms with E-state index in [9.17, 15) is 13.2 Å². The first-order valence-electron chi connectivity index (χ1n) is 8.23. The van der Waals surface area contributed by atoms with E-state index >= 15 is 0 Å². The first-order chi connectivity index (χ1) is 9.98. The normalized spacial score (nSPS) is 24.6. The highest BCUT2D eigenvalue weighted by Crippen LogP contribution is 2.28. The molecule has 6 heteroatoms. The highest BCUT2D eigenvalue weighted by molar-refractivity contribution is 4.85. The van der Waals surface area contributed by atoms with Gasteiger partial charge in [-0.15, -0.1) is 0 Å². The summed E-state index contributed by atoms with van der Waals surface area (Å²) in [4.78, 5) is 3.85. The topological polar surface area (TPSA) is 18.5 Å². The number of nitrogens with zero attached hydrogens (tertiary/aromatic N) is 2. The van der Waals surface area contributed by atoms with E-state index in [1.54, 1.807) is 0 Å². The van der Waals surface area contributed by atoms with Gasteiger partial charge in [0.2, 0.25) is 0 Å². The van der Waals surface area contributed by atoms with Crippen LogP contribution in [0.25, 0.3) is 0 Å². The van der Waals surface area contributed by atoms with Crippen molar-refractivity contribution in [3.05, 3.63) is 0 Å². The molecule has 3 nitrogen and oxygen atoms in total. The van der Waals surface area contributed by atoms with Crippen molar-refractivity contribution in [2.45, 2.75) is 44.8 Å². The maximum atomic E-state index is 12.4. The summed E-state index contributed by atoms with van der Waals surface area (Å²) in [5.41, 5.74) is 0. The molecule has 1 unspecified atom stereocenters. The molecule has 2 rings (SSSR count). The van der Waals surface area contributed by atoms with Crippen LogP contribution < -0.4 is 5.32 Å². The van der Waals surface area contributed by atoms with Crippen LogP contribution in [-0.4, -0.2) is 67.8 Å². The molecule has 0 aromatic carbocycles. The Bertz CT molecular complexity index is 295. The second kappa shape index (κ2) is 7.79. The van der Waals surface area contributed by atoms with Gasteiger partial charge in [0.15, 0.2) is 0 Å². The Morgan fingerprint density at radius 3 is 2.14 bits per heavy atom. The summed E-state index contributed by atoms with van der Waals surface area (Å²) in [6.07, 6.45) is 1.17. The second-order valence-electron chi connectivity index (χ2n) is 6.40. The van der Waals surface area contributed by atoms with Crippen LogP contribution in [0.4, 0.5) is 13.2 Å². The Balaban J connectivity index is 1.75. The average Bonchev–Trinajstić information content (AvgIpc) is 2.92. The Morgan fingerprint density at radius 1 is 1.05 bits per heavy atom. The first kappa shape index (κ1) is 17.0. The van der Waals surface area contributed by atoms with Crippen LogP contribution in [0.5, 0.6) is 0 Å². The van der Waals surface area contributed by atoms with Crippen molar-refractivity contribution in [2.75, 3.05) is 45.8 Å². The molecule has 1 saturated carbocycles. The summed E-state index contributed by atoms with van der Waals surface area (Å²) in [5.74, 6) is 0.748. The van der Waals surface area contributed by atoms with Crippen LogP contribution in [-0.2, 0) is 0 Å². The van der Waals surface area contributed by atoms with E-state index < -0.39 is 12.7 Å². The van der Waals surface area contributed by atoms with Gasteiger partial charge in [-0.3, -0.25) is 9.80 Å². The molecule has 0 aromatic heterocycles. The molecule has 1 N–H and O–H groups in total. The summed E-state index contributed by atoms with van der Waals surface area (Å²) < 4.78 is 37.2. The minimum atomic E-state index is -4.07. The van der Waals surface area contributed by atoms with Crippen molar-refractivity contribution in [1.29, 1.82) is 0 Å². The molecule has 0 bridgehead atoms. The van der Waals surface area contributed by atoms with E-state index in [0.29, 0.717) is 19.1 Å². The summed E-state index contributed by atoms with van der Waals surface area (Å²) >= 11 is 0. The fourth-order valence-electron chi connectivity index (χ4n) is 3.66. The van der Waals surface area contributed by atoms with E-state index in [1.807, 2.05) is 0 Å². The third-order valence-corrected chi connectivity index (χ3v) is 4.76. The fraction of sp³-hybridized carbons (Fsp3) is 1.00. The molecule has 0 aromatic rings. The van der Waals surface area contributed by atoms with Gasteiger partial charge < -0.3 is 5.32 Å².